The van der Waals surface area contributed by atoms with Gasteiger partial charge in [0.05, 0.1) is 4.92 Å². The van der Waals surface area contributed by atoms with E-state index in [1.54, 1.807) is 12.1 Å². The van der Waals surface area contributed by atoms with Gasteiger partial charge < -0.3 is 15.1 Å². The second-order valence-corrected chi connectivity index (χ2v) is 4.70. The number of rotatable bonds is 4. The molecule has 8 nitrogen and oxygen atoms in total. The van der Waals surface area contributed by atoms with Crippen LogP contribution in [0.25, 0.3) is 0 Å². The quantitative estimate of drug-likeness (QED) is 0.510. The zero-order valence-electron chi connectivity index (χ0n) is 12.0. The van der Waals surface area contributed by atoms with Crippen LogP contribution in [0.2, 0.25) is 0 Å². The summed E-state index contributed by atoms with van der Waals surface area (Å²) in [4.78, 5) is 11.9. The lowest BCUT2D eigenvalue weighted by atomic mass is 10.2. The fourth-order valence-electron chi connectivity index (χ4n) is 1.69. The average molecular weight is 302 g/mol. The van der Waals surface area contributed by atoms with Crippen molar-refractivity contribution < 1.29 is 15.1 Å². The summed E-state index contributed by atoms with van der Waals surface area (Å²) in [6.07, 6.45) is 0. The van der Waals surface area contributed by atoms with Crippen molar-refractivity contribution in [2.24, 2.45) is 10.2 Å². The molecule has 0 unspecified atom stereocenters. The van der Waals surface area contributed by atoms with E-state index in [2.05, 4.69) is 10.2 Å². The van der Waals surface area contributed by atoms with Gasteiger partial charge in [-0.25, -0.2) is 0 Å². The highest BCUT2D eigenvalue weighted by Crippen LogP contribution is 2.35. The van der Waals surface area contributed by atoms with Gasteiger partial charge in [0.15, 0.2) is 0 Å². The Morgan fingerprint density at radius 3 is 2.27 bits per heavy atom. The Morgan fingerprint density at radius 2 is 1.68 bits per heavy atom. The molecule has 2 aromatic carbocycles. The maximum Gasteiger partial charge on any atom is 0.271 e. The van der Waals surface area contributed by atoms with Gasteiger partial charge in [-0.2, -0.15) is 0 Å². The summed E-state index contributed by atoms with van der Waals surface area (Å²) < 4.78 is 0. The minimum atomic E-state index is -0.595. The van der Waals surface area contributed by atoms with E-state index in [9.17, 15) is 20.3 Å². The number of anilines is 1. The van der Waals surface area contributed by atoms with Crippen molar-refractivity contribution in [2.45, 2.75) is 0 Å². The number of nitrogens with zero attached hydrogens (tertiary/aromatic N) is 4. The molecule has 0 saturated heterocycles. The summed E-state index contributed by atoms with van der Waals surface area (Å²) in [6.45, 7) is 0. The van der Waals surface area contributed by atoms with Gasteiger partial charge in [-0.15, -0.1) is 10.2 Å². The first-order valence-electron chi connectivity index (χ1n) is 6.28. The zero-order chi connectivity index (χ0) is 16.3. The molecule has 114 valence electrons. The van der Waals surface area contributed by atoms with Crippen LogP contribution in [0.4, 0.5) is 22.7 Å². The Labute approximate surface area is 126 Å². The van der Waals surface area contributed by atoms with Crippen molar-refractivity contribution in [1.29, 1.82) is 0 Å². The fraction of sp³-hybridized carbons (Fsp3) is 0.143. The van der Waals surface area contributed by atoms with E-state index in [1.165, 1.54) is 12.1 Å². The highest BCUT2D eigenvalue weighted by molar-refractivity contribution is 5.61. The van der Waals surface area contributed by atoms with Crippen molar-refractivity contribution in [1.82, 2.24) is 0 Å². The maximum absolute atomic E-state index is 10.7. The molecule has 8 heteroatoms. The number of nitro groups is 1. The number of azo groups is 1. The van der Waals surface area contributed by atoms with Gasteiger partial charge in [0, 0.05) is 38.0 Å². The molecular formula is C14H14N4O4. The summed E-state index contributed by atoms with van der Waals surface area (Å²) in [5.74, 6) is -0.321. The third kappa shape index (κ3) is 3.29. The third-order valence-corrected chi connectivity index (χ3v) is 2.91. The number of hydrogen-bond donors (Lipinski definition) is 2. The van der Waals surface area contributed by atoms with Crippen LogP contribution < -0.4 is 4.90 Å². The molecule has 2 aromatic rings. The van der Waals surface area contributed by atoms with E-state index in [0.717, 1.165) is 17.8 Å². The predicted molar refractivity (Wildman–Crippen MR) is 81.4 cm³/mol. The van der Waals surface area contributed by atoms with Gasteiger partial charge in [-0.1, -0.05) is 0 Å². The molecule has 0 aliphatic carbocycles. The lowest BCUT2D eigenvalue weighted by Gasteiger charge is -2.12. The van der Waals surface area contributed by atoms with E-state index < -0.39 is 4.92 Å². The van der Waals surface area contributed by atoms with Crippen molar-refractivity contribution in [3.05, 3.63) is 46.5 Å². The molecule has 0 aliphatic rings. The molecule has 2 N–H and O–H groups in total. The molecule has 0 saturated carbocycles. The summed E-state index contributed by atoms with van der Waals surface area (Å²) in [5.41, 5.74) is 0.718. The molecule has 0 radical (unpaired) electrons. The van der Waals surface area contributed by atoms with Crippen LogP contribution in [0.1, 0.15) is 0 Å². The highest BCUT2D eigenvalue weighted by Gasteiger charge is 2.10. The number of hydrogen-bond acceptors (Lipinski definition) is 7. The van der Waals surface area contributed by atoms with Crippen molar-refractivity contribution >= 4 is 22.7 Å². The number of non-ortho nitro benzene ring substituents is 1. The molecule has 0 bridgehead atoms. The van der Waals surface area contributed by atoms with Crippen LogP contribution in [0.15, 0.2) is 46.6 Å². The topological polar surface area (TPSA) is 112 Å². The monoisotopic (exact) mass is 302 g/mol. The average Bonchev–Trinajstić information content (AvgIpc) is 2.47. The first-order chi connectivity index (χ1) is 10.4. The second kappa shape index (κ2) is 6.08. The molecule has 0 spiro atoms. The molecule has 0 heterocycles. The van der Waals surface area contributed by atoms with Crippen LogP contribution in [0.3, 0.4) is 0 Å². The van der Waals surface area contributed by atoms with E-state index in [-0.39, 0.29) is 28.6 Å². The standard InChI is InChI=1S/C14H14N4O4/c1-17(2)9-3-5-11(14(20)8-9)15-16-12-7-10(18(21)22)4-6-13(12)19/h3-8,19-20H,1-2H3. The van der Waals surface area contributed by atoms with Gasteiger partial charge in [-0.3, -0.25) is 10.1 Å². The van der Waals surface area contributed by atoms with Gasteiger partial charge in [0.1, 0.15) is 22.9 Å². The molecule has 22 heavy (non-hydrogen) atoms. The predicted octanol–water partition coefficient (Wildman–Crippen LogP) is 3.49. The molecule has 0 amide bonds. The summed E-state index contributed by atoms with van der Waals surface area (Å²) in [5, 5.41) is 37.8. The van der Waals surface area contributed by atoms with Crippen molar-refractivity contribution in [3.63, 3.8) is 0 Å². The van der Waals surface area contributed by atoms with Crippen molar-refractivity contribution in [3.8, 4) is 11.5 Å². The van der Waals surface area contributed by atoms with Crippen LogP contribution in [-0.4, -0.2) is 29.2 Å². The van der Waals surface area contributed by atoms with E-state index in [4.69, 9.17) is 0 Å². The van der Waals surface area contributed by atoms with Crippen LogP contribution in [0.5, 0.6) is 11.5 Å². The normalized spacial score (nSPS) is 10.8. The molecule has 2 rings (SSSR count). The smallest absolute Gasteiger partial charge is 0.271 e. The largest absolute Gasteiger partial charge is 0.506 e. The van der Waals surface area contributed by atoms with Crippen molar-refractivity contribution in [2.75, 3.05) is 19.0 Å². The number of nitro benzene ring substituents is 1. The minimum absolute atomic E-state index is 0.0507. The second-order valence-electron chi connectivity index (χ2n) is 4.70. The molecule has 0 aliphatic heterocycles. The van der Waals surface area contributed by atoms with E-state index >= 15 is 0 Å². The Kier molecular flexibility index (Phi) is 4.21. The first-order valence-corrected chi connectivity index (χ1v) is 6.28. The number of benzene rings is 2. The van der Waals surface area contributed by atoms with E-state index in [0.29, 0.717) is 0 Å². The Hall–Kier alpha value is -3.16. The molecular weight excluding hydrogens is 288 g/mol. The first kappa shape index (κ1) is 15.2. The third-order valence-electron chi connectivity index (χ3n) is 2.91. The fourth-order valence-corrected chi connectivity index (χ4v) is 1.69. The summed E-state index contributed by atoms with van der Waals surface area (Å²) in [7, 11) is 3.66. The van der Waals surface area contributed by atoms with Crippen LogP contribution >= 0.6 is 0 Å². The van der Waals surface area contributed by atoms with Crippen LogP contribution in [-0.2, 0) is 0 Å². The van der Waals surface area contributed by atoms with Gasteiger partial charge in [0.2, 0.25) is 0 Å². The Bertz CT molecular complexity index is 744. The minimum Gasteiger partial charge on any atom is -0.506 e. The summed E-state index contributed by atoms with van der Waals surface area (Å²) in [6, 6.07) is 8.24. The molecule has 0 atom stereocenters. The highest BCUT2D eigenvalue weighted by atomic mass is 16.6. The Balaban J connectivity index is 2.32. The van der Waals surface area contributed by atoms with Crippen LogP contribution in [0, 0.1) is 10.1 Å². The lowest BCUT2D eigenvalue weighted by Crippen LogP contribution is -2.07. The molecule has 0 aromatic heterocycles. The zero-order valence-corrected chi connectivity index (χ0v) is 12.0. The van der Waals surface area contributed by atoms with E-state index in [1.807, 2.05) is 19.0 Å². The lowest BCUT2D eigenvalue weighted by molar-refractivity contribution is -0.384. The van der Waals surface area contributed by atoms with Gasteiger partial charge >= 0.3 is 0 Å². The van der Waals surface area contributed by atoms with Gasteiger partial charge in [-0.05, 0) is 18.2 Å². The maximum atomic E-state index is 10.7. The SMILES string of the molecule is CN(C)c1ccc(N=Nc2cc([N+](=O)[O-])ccc2O)c(O)c1. The number of phenolic OH excluding ortho intramolecular Hbond substituents is 2. The molecule has 0 fully saturated rings. The number of aromatic hydroxyl groups is 2. The van der Waals surface area contributed by atoms with Gasteiger partial charge in [0.25, 0.3) is 5.69 Å². The summed E-state index contributed by atoms with van der Waals surface area (Å²) >= 11 is 0. The Morgan fingerprint density at radius 1 is 1.00 bits per heavy atom. The number of phenols is 2.